The highest BCUT2D eigenvalue weighted by atomic mass is 32.2. The number of thiophene rings is 1. The summed E-state index contributed by atoms with van der Waals surface area (Å²) in [5, 5.41) is 5.46. The molecule has 0 saturated heterocycles. The summed E-state index contributed by atoms with van der Waals surface area (Å²) < 4.78 is 30.3. The maximum absolute atomic E-state index is 11.6. The van der Waals surface area contributed by atoms with Crippen LogP contribution in [0.4, 0.5) is 0 Å². The summed E-state index contributed by atoms with van der Waals surface area (Å²) in [4.78, 5) is 0.976. The lowest BCUT2D eigenvalue weighted by Crippen LogP contribution is -2.24. The van der Waals surface area contributed by atoms with Crippen molar-refractivity contribution in [2.45, 2.75) is 12.3 Å². The van der Waals surface area contributed by atoms with Gasteiger partial charge >= 0.3 is 0 Å². The molecule has 86 valence electrons. The number of nitrogens with zero attached hydrogens (tertiary/aromatic N) is 1. The Morgan fingerprint density at radius 1 is 1.44 bits per heavy atom. The Balaban J connectivity index is 1.93. The van der Waals surface area contributed by atoms with Crippen molar-refractivity contribution in [1.82, 2.24) is 9.88 Å². The van der Waals surface area contributed by atoms with E-state index in [9.17, 15) is 8.42 Å². The van der Waals surface area contributed by atoms with Gasteiger partial charge in [-0.3, -0.25) is 0 Å². The van der Waals surface area contributed by atoms with Crippen LogP contribution in [-0.4, -0.2) is 13.6 Å². The lowest BCUT2D eigenvalue weighted by atomic mass is 10.5. The Labute approximate surface area is 97.1 Å². The van der Waals surface area contributed by atoms with Crippen molar-refractivity contribution >= 4 is 21.4 Å². The number of sulfonamides is 1. The quantitative estimate of drug-likeness (QED) is 0.878. The second-order valence-corrected chi connectivity index (χ2v) is 5.99. The predicted molar refractivity (Wildman–Crippen MR) is 60.3 cm³/mol. The minimum Gasteiger partial charge on any atom is -0.364 e. The molecule has 0 atom stereocenters. The normalized spacial score (nSPS) is 11.8. The number of aromatic nitrogens is 1. The zero-order valence-corrected chi connectivity index (χ0v) is 9.92. The van der Waals surface area contributed by atoms with Crippen molar-refractivity contribution in [2.75, 3.05) is 0 Å². The maximum atomic E-state index is 11.6. The molecule has 2 rings (SSSR count). The first kappa shape index (κ1) is 11.3. The van der Waals surface area contributed by atoms with Crippen LogP contribution in [0, 0.1) is 0 Å². The van der Waals surface area contributed by atoms with Crippen LogP contribution in [0.15, 0.2) is 34.4 Å². The molecule has 0 saturated carbocycles. The molecule has 0 radical (unpaired) electrons. The topological polar surface area (TPSA) is 72.2 Å². The number of rotatable bonds is 5. The molecule has 0 aliphatic heterocycles. The smallest absolute Gasteiger partial charge is 0.217 e. The lowest BCUT2D eigenvalue weighted by molar-refractivity contribution is 0.413. The number of hydrogen-bond acceptors (Lipinski definition) is 5. The molecule has 7 heteroatoms. The van der Waals surface area contributed by atoms with Crippen LogP contribution in [0.1, 0.15) is 10.6 Å². The van der Waals surface area contributed by atoms with Crippen molar-refractivity contribution in [3.63, 3.8) is 0 Å². The van der Waals surface area contributed by atoms with E-state index in [0.29, 0.717) is 12.2 Å². The zero-order chi connectivity index (χ0) is 11.4. The van der Waals surface area contributed by atoms with E-state index in [4.69, 9.17) is 0 Å². The first-order valence-corrected chi connectivity index (χ1v) is 7.08. The minimum absolute atomic E-state index is 0.158. The van der Waals surface area contributed by atoms with E-state index in [2.05, 4.69) is 14.4 Å². The van der Waals surface area contributed by atoms with E-state index in [1.165, 1.54) is 23.7 Å². The molecule has 2 aromatic heterocycles. The molecular weight excluding hydrogens is 248 g/mol. The fourth-order valence-corrected chi connectivity index (χ4v) is 2.90. The van der Waals surface area contributed by atoms with Gasteiger partial charge in [0, 0.05) is 17.5 Å². The van der Waals surface area contributed by atoms with Crippen LogP contribution in [0.3, 0.4) is 0 Å². The summed E-state index contributed by atoms with van der Waals surface area (Å²) in [6, 6.07) is 5.29. The van der Waals surface area contributed by atoms with Crippen LogP contribution < -0.4 is 4.72 Å². The second kappa shape index (κ2) is 4.77. The molecule has 2 aromatic rings. The molecule has 0 fully saturated rings. The number of hydrogen-bond donors (Lipinski definition) is 1. The first-order valence-electron chi connectivity index (χ1n) is 4.55. The van der Waals surface area contributed by atoms with Crippen molar-refractivity contribution in [2.24, 2.45) is 0 Å². The summed E-state index contributed by atoms with van der Waals surface area (Å²) in [5.74, 6) is -0.158. The van der Waals surface area contributed by atoms with E-state index >= 15 is 0 Å². The summed E-state index contributed by atoms with van der Waals surface area (Å²) in [6.45, 7) is 0.317. The second-order valence-electron chi connectivity index (χ2n) is 3.15. The summed E-state index contributed by atoms with van der Waals surface area (Å²) in [6.07, 6.45) is 1.35. The van der Waals surface area contributed by atoms with E-state index in [0.717, 1.165) is 4.88 Å². The highest BCUT2D eigenvalue weighted by Gasteiger charge is 2.13. The Morgan fingerprint density at radius 3 is 2.94 bits per heavy atom. The lowest BCUT2D eigenvalue weighted by Gasteiger charge is -2.02. The van der Waals surface area contributed by atoms with Crippen LogP contribution in [0.25, 0.3) is 0 Å². The van der Waals surface area contributed by atoms with E-state index in [-0.39, 0.29) is 5.75 Å². The van der Waals surface area contributed by atoms with Crippen molar-refractivity contribution < 1.29 is 12.9 Å². The van der Waals surface area contributed by atoms with E-state index in [1.54, 1.807) is 0 Å². The van der Waals surface area contributed by atoms with Gasteiger partial charge in [0.15, 0.2) is 0 Å². The largest absolute Gasteiger partial charge is 0.364 e. The van der Waals surface area contributed by atoms with Crippen LogP contribution >= 0.6 is 11.3 Å². The molecular formula is C9H10N2O3S2. The van der Waals surface area contributed by atoms with Gasteiger partial charge < -0.3 is 4.52 Å². The molecule has 0 amide bonds. The van der Waals surface area contributed by atoms with Gasteiger partial charge in [-0.25, -0.2) is 13.1 Å². The SMILES string of the molecule is O=S(=O)(Cc1ccon1)NCc1cccs1. The van der Waals surface area contributed by atoms with Gasteiger partial charge in [-0.05, 0) is 11.4 Å². The molecule has 5 nitrogen and oxygen atoms in total. The highest BCUT2D eigenvalue weighted by molar-refractivity contribution is 7.88. The predicted octanol–water partition coefficient (Wildman–Crippen LogP) is 1.36. The summed E-state index contributed by atoms with van der Waals surface area (Å²) in [5.41, 5.74) is 0.402. The van der Waals surface area contributed by atoms with Gasteiger partial charge in [-0.1, -0.05) is 11.2 Å². The van der Waals surface area contributed by atoms with Crippen molar-refractivity contribution in [3.05, 3.63) is 40.4 Å². The molecule has 0 bridgehead atoms. The zero-order valence-electron chi connectivity index (χ0n) is 8.29. The summed E-state index contributed by atoms with van der Waals surface area (Å²) in [7, 11) is -3.35. The third kappa shape index (κ3) is 3.16. The molecule has 1 N–H and O–H groups in total. The Bertz CT molecular complexity index is 517. The first-order chi connectivity index (χ1) is 7.66. The Morgan fingerprint density at radius 2 is 2.31 bits per heavy atom. The third-order valence-electron chi connectivity index (χ3n) is 1.88. The van der Waals surface area contributed by atoms with Crippen molar-refractivity contribution in [3.8, 4) is 0 Å². The fourth-order valence-electron chi connectivity index (χ4n) is 1.15. The fraction of sp³-hybridized carbons (Fsp3) is 0.222. The molecule has 0 spiro atoms. The third-order valence-corrected chi connectivity index (χ3v) is 4.01. The monoisotopic (exact) mass is 258 g/mol. The molecule has 0 aliphatic carbocycles. The van der Waals surface area contributed by atoms with E-state index < -0.39 is 10.0 Å². The van der Waals surface area contributed by atoms with E-state index in [1.807, 2.05) is 17.5 Å². The van der Waals surface area contributed by atoms with Crippen LogP contribution in [0.2, 0.25) is 0 Å². The van der Waals surface area contributed by atoms with Gasteiger partial charge in [-0.15, -0.1) is 11.3 Å². The molecule has 0 aliphatic rings. The van der Waals surface area contributed by atoms with Gasteiger partial charge in [-0.2, -0.15) is 0 Å². The number of nitrogens with one attached hydrogen (secondary N) is 1. The van der Waals surface area contributed by atoms with Gasteiger partial charge in [0.25, 0.3) is 0 Å². The van der Waals surface area contributed by atoms with Crippen LogP contribution in [-0.2, 0) is 22.3 Å². The Kier molecular flexibility index (Phi) is 3.37. The minimum atomic E-state index is -3.35. The average Bonchev–Trinajstić information content (AvgIpc) is 2.85. The molecule has 16 heavy (non-hydrogen) atoms. The van der Waals surface area contributed by atoms with Crippen LogP contribution in [0.5, 0.6) is 0 Å². The standard InChI is InChI=1S/C9H10N2O3S2/c12-16(13,7-8-3-4-14-11-8)10-6-9-2-1-5-15-9/h1-5,10H,6-7H2. The molecule has 2 heterocycles. The van der Waals surface area contributed by atoms with Gasteiger partial charge in [0.1, 0.15) is 12.0 Å². The summed E-state index contributed by atoms with van der Waals surface area (Å²) >= 11 is 1.51. The van der Waals surface area contributed by atoms with Gasteiger partial charge in [0.2, 0.25) is 10.0 Å². The van der Waals surface area contributed by atoms with Crippen molar-refractivity contribution in [1.29, 1.82) is 0 Å². The average molecular weight is 258 g/mol. The molecule has 0 unspecified atom stereocenters. The van der Waals surface area contributed by atoms with Gasteiger partial charge in [0.05, 0.1) is 5.69 Å². The maximum Gasteiger partial charge on any atom is 0.217 e. The highest BCUT2D eigenvalue weighted by Crippen LogP contribution is 2.09. The molecule has 0 aromatic carbocycles. The Hall–Kier alpha value is -1.18.